The molecule has 2 N–H and O–H groups in total. The Kier molecular flexibility index (Phi) is 5.84. The van der Waals surface area contributed by atoms with Gasteiger partial charge in [-0.15, -0.1) is 0 Å². The van der Waals surface area contributed by atoms with Gasteiger partial charge in [-0.2, -0.15) is 0 Å². The van der Waals surface area contributed by atoms with Crippen LogP contribution in [-0.4, -0.2) is 34.4 Å². The summed E-state index contributed by atoms with van der Waals surface area (Å²) in [4.78, 5) is 34.9. The van der Waals surface area contributed by atoms with Gasteiger partial charge in [-0.1, -0.05) is 18.5 Å². The number of nitrogens with zero attached hydrogens (tertiary/aromatic N) is 3. The third-order valence-corrected chi connectivity index (χ3v) is 5.35. The fourth-order valence-electron chi connectivity index (χ4n) is 3.63. The van der Waals surface area contributed by atoms with E-state index >= 15 is 0 Å². The van der Waals surface area contributed by atoms with Crippen LogP contribution in [0, 0.1) is 5.92 Å². The fourth-order valence-corrected chi connectivity index (χ4v) is 3.73. The molecule has 3 atom stereocenters. The number of carbonyl (C=O) groups excluding carboxylic acids is 2. The Labute approximate surface area is 169 Å². The van der Waals surface area contributed by atoms with E-state index in [-0.39, 0.29) is 29.8 Å². The molecule has 0 saturated carbocycles. The van der Waals surface area contributed by atoms with Gasteiger partial charge in [0.2, 0.25) is 11.9 Å². The second-order valence-corrected chi connectivity index (χ2v) is 7.41. The van der Waals surface area contributed by atoms with Crippen LogP contribution in [0.5, 0.6) is 0 Å². The standard InChI is InChI=1S/C20H24ClN5O2/c1-5-22-19(28)14-6-7-17-16(8-14)18(11(2)12(3)26(17)13(4)27)25-20-23-9-15(21)10-24-20/h6-12,18H,5H2,1-4H3,(H,22,28)(H,23,24,25)/t11-,12-,18+/m0/s1. The predicted octanol–water partition coefficient (Wildman–Crippen LogP) is 3.42. The van der Waals surface area contributed by atoms with E-state index in [2.05, 4.69) is 27.5 Å². The number of halogens is 1. The molecule has 0 spiro atoms. The zero-order valence-corrected chi connectivity index (χ0v) is 17.1. The minimum Gasteiger partial charge on any atom is -0.352 e. The van der Waals surface area contributed by atoms with Gasteiger partial charge in [0, 0.05) is 36.7 Å². The van der Waals surface area contributed by atoms with Crippen LogP contribution in [0.25, 0.3) is 0 Å². The summed E-state index contributed by atoms with van der Waals surface area (Å²) in [6.07, 6.45) is 3.06. The summed E-state index contributed by atoms with van der Waals surface area (Å²) in [6, 6.07) is 5.22. The van der Waals surface area contributed by atoms with Gasteiger partial charge in [0.05, 0.1) is 23.5 Å². The molecule has 0 saturated heterocycles. The van der Waals surface area contributed by atoms with Crippen LogP contribution < -0.4 is 15.5 Å². The molecule has 1 aromatic carbocycles. The lowest BCUT2D eigenvalue weighted by atomic mass is 9.82. The lowest BCUT2D eigenvalue weighted by Gasteiger charge is -2.44. The molecule has 1 aromatic heterocycles. The molecule has 0 radical (unpaired) electrons. The first kappa shape index (κ1) is 20.1. The normalized spacial score (nSPS) is 21.0. The SMILES string of the molecule is CCNC(=O)c1ccc2c(c1)[C@H](Nc1ncc(Cl)cn1)[C@@H](C)[C@H](C)N2C(C)=O. The average Bonchev–Trinajstić information content (AvgIpc) is 2.66. The van der Waals surface area contributed by atoms with Crippen LogP contribution in [-0.2, 0) is 4.79 Å². The van der Waals surface area contributed by atoms with Crippen LogP contribution in [0.2, 0.25) is 5.02 Å². The van der Waals surface area contributed by atoms with Crippen molar-refractivity contribution in [2.75, 3.05) is 16.8 Å². The van der Waals surface area contributed by atoms with Crippen molar-refractivity contribution in [3.8, 4) is 0 Å². The topological polar surface area (TPSA) is 87.2 Å². The number of rotatable bonds is 4. The highest BCUT2D eigenvalue weighted by Crippen LogP contribution is 2.42. The molecule has 0 aliphatic carbocycles. The summed E-state index contributed by atoms with van der Waals surface area (Å²) < 4.78 is 0. The second kappa shape index (κ2) is 8.14. The summed E-state index contributed by atoms with van der Waals surface area (Å²) in [6.45, 7) is 8.06. The van der Waals surface area contributed by atoms with E-state index in [1.165, 1.54) is 12.4 Å². The van der Waals surface area contributed by atoms with Gasteiger partial charge in [0.15, 0.2) is 0 Å². The van der Waals surface area contributed by atoms with Crippen molar-refractivity contribution in [2.45, 2.75) is 39.8 Å². The van der Waals surface area contributed by atoms with Crippen molar-refractivity contribution < 1.29 is 9.59 Å². The number of amides is 2. The summed E-state index contributed by atoms with van der Waals surface area (Å²) >= 11 is 5.89. The van der Waals surface area contributed by atoms with Crippen LogP contribution in [0.4, 0.5) is 11.6 Å². The Morgan fingerprint density at radius 2 is 1.89 bits per heavy atom. The molecule has 8 heteroatoms. The number of aromatic nitrogens is 2. The largest absolute Gasteiger partial charge is 0.352 e. The maximum atomic E-state index is 12.3. The quantitative estimate of drug-likeness (QED) is 0.819. The number of anilines is 2. The molecule has 2 aromatic rings. The first-order chi connectivity index (χ1) is 13.3. The second-order valence-electron chi connectivity index (χ2n) is 6.97. The number of benzene rings is 1. The Morgan fingerprint density at radius 3 is 2.50 bits per heavy atom. The highest BCUT2D eigenvalue weighted by molar-refractivity contribution is 6.30. The van der Waals surface area contributed by atoms with E-state index in [0.717, 1.165) is 11.3 Å². The molecule has 28 heavy (non-hydrogen) atoms. The van der Waals surface area contributed by atoms with Crippen LogP contribution in [0.3, 0.4) is 0 Å². The van der Waals surface area contributed by atoms with E-state index in [4.69, 9.17) is 11.6 Å². The van der Waals surface area contributed by atoms with Crippen LogP contribution in [0.15, 0.2) is 30.6 Å². The van der Waals surface area contributed by atoms with E-state index in [9.17, 15) is 9.59 Å². The minimum absolute atomic E-state index is 0.0347. The summed E-state index contributed by atoms with van der Waals surface area (Å²) in [5.74, 6) is 0.319. The molecule has 0 fully saturated rings. The van der Waals surface area contributed by atoms with Crippen LogP contribution >= 0.6 is 11.6 Å². The van der Waals surface area contributed by atoms with Gasteiger partial charge in [-0.3, -0.25) is 9.59 Å². The number of fused-ring (bicyclic) bond motifs is 1. The van der Waals surface area contributed by atoms with E-state index in [1.807, 2.05) is 26.0 Å². The molecule has 2 heterocycles. The first-order valence-electron chi connectivity index (χ1n) is 9.29. The molecule has 1 aliphatic rings. The maximum absolute atomic E-state index is 12.3. The molecule has 0 bridgehead atoms. The van der Waals surface area contributed by atoms with Crippen molar-refractivity contribution in [1.29, 1.82) is 0 Å². The van der Waals surface area contributed by atoms with Gasteiger partial charge >= 0.3 is 0 Å². The molecule has 0 unspecified atom stereocenters. The van der Waals surface area contributed by atoms with Crippen LogP contribution in [0.1, 0.15) is 49.7 Å². The number of hydrogen-bond donors (Lipinski definition) is 2. The monoisotopic (exact) mass is 401 g/mol. The minimum atomic E-state index is -0.170. The average molecular weight is 402 g/mol. The fraction of sp³-hybridized carbons (Fsp3) is 0.400. The third kappa shape index (κ3) is 3.80. The van der Waals surface area contributed by atoms with Gasteiger partial charge in [-0.05, 0) is 37.6 Å². The molecule has 1 aliphatic heterocycles. The molecule has 148 valence electrons. The third-order valence-electron chi connectivity index (χ3n) is 5.16. The van der Waals surface area contributed by atoms with Crippen molar-refractivity contribution in [3.63, 3.8) is 0 Å². The Hall–Kier alpha value is -2.67. The Morgan fingerprint density at radius 1 is 1.21 bits per heavy atom. The molecule has 7 nitrogen and oxygen atoms in total. The first-order valence-corrected chi connectivity index (χ1v) is 9.67. The number of nitrogens with one attached hydrogen (secondary N) is 2. The zero-order chi connectivity index (χ0) is 20.4. The number of carbonyl (C=O) groups is 2. The van der Waals surface area contributed by atoms with Gasteiger partial charge in [0.25, 0.3) is 5.91 Å². The highest BCUT2D eigenvalue weighted by Gasteiger charge is 2.38. The van der Waals surface area contributed by atoms with Crippen molar-refractivity contribution in [2.24, 2.45) is 5.92 Å². The molecular weight excluding hydrogens is 378 g/mol. The Balaban J connectivity index is 2.07. The molecular formula is C20H24ClN5O2. The maximum Gasteiger partial charge on any atom is 0.251 e. The summed E-state index contributed by atoms with van der Waals surface area (Å²) in [5, 5.41) is 6.62. The van der Waals surface area contributed by atoms with E-state index in [1.54, 1.807) is 17.9 Å². The smallest absolute Gasteiger partial charge is 0.251 e. The lowest BCUT2D eigenvalue weighted by Crippen LogP contribution is -2.48. The zero-order valence-electron chi connectivity index (χ0n) is 16.4. The Bertz CT molecular complexity index is 887. The summed E-state index contributed by atoms with van der Waals surface area (Å²) in [5.41, 5.74) is 2.20. The summed E-state index contributed by atoms with van der Waals surface area (Å²) in [7, 11) is 0. The molecule has 2 amide bonds. The van der Waals surface area contributed by atoms with Gasteiger partial charge < -0.3 is 15.5 Å². The lowest BCUT2D eigenvalue weighted by molar-refractivity contribution is -0.117. The van der Waals surface area contributed by atoms with E-state index < -0.39 is 0 Å². The van der Waals surface area contributed by atoms with E-state index in [0.29, 0.717) is 23.1 Å². The highest BCUT2D eigenvalue weighted by atomic mass is 35.5. The molecule has 3 rings (SSSR count). The van der Waals surface area contributed by atoms with Crippen molar-refractivity contribution >= 4 is 35.1 Å². The van der Waals surface area contributed by atoms with Gasteiger partial charge in [-0.25, -0.2) is 9.97 Å². The van der Waals surface area contributed by atoms with Crippen molar-refractivity contribution in [1.82, 2.24) is 15.3 Å². The van der Waals surface area contributed by atoms with Gasteiger partial charge in [0.1, 0.15) is 0 Å². The predicted molar refractivity (Wildman–Crippen MR) is 110 cm³/mol. The van der Waals surface area contributed by atoms with Crippen molar-refractivity contribution in [3.05, 3.63) is 46.7 Å². The number of hydrogen-bond acceptors (Lipinski definition) is 5.